The van der Waals surface area contributed by atoms with Crippen molar-refractivity contribution in [3.05, 3.63) is 92.0 Å². The molecule has 2 aromatic carbocycles. The monoisotopic (exact) mass is 503 g/mol. The van der Waals surface area contributed by atoms with Crippen LogP contribution in [-0.2, 0) is 0 Å². The maximum Gasteiger partial charge on any atom is 0.283 e. The molecule has 2 N–H and O–H groups in total. The molecular formula is C25H21N5O5S. The molecule has 182 valence electrons. The number of rotatable bonds is 7. The zero-order valence-electron chi connectivity index (χ0n) is 19.6. The second-order valence-corrected chi connectivity index (χ2v) is 8.77. The highest BCUT2D eigenvalue weighted by Gasteiger charge is 2.24. The molecule has 0 saturated heterocycles. The number of hydrazone groups is 1. The van der Waals surface area contributed by atoms with E-state index in [-0.39, 0.29) is 10.6 Å². The first kappa shape index (κ1) is 24.5. The van der Waals surface area contributed by atoms with Crippen molar-refractivity contribution in [2.45, 2.75) is 13.8 Å². The molecule has 0 bridgehead atoms. The average molecular weight is 504 g/mol. The molecule has 11 heteroatoms. The summed E-state index contributed by atoms with van der Waals surface area (Å²) in [5, 5.41) is 18.3. The van der Waals surface area contributed by atoms with E-state index in [0.717, 1.165) is 22.6 Å². The van der Waals surface area contributed by atoms with Crippen molar-refractivity contribution in [2.24, 2.45) is 5.10 Å². The van der Waals surface area contributed by atoms with E-state index in [1.165, 1.54) is 37.6 Å². The van der Waals surface area contributed by atoms with Crippen molar-refractivity contribution >= 4 is 51.0 Å². The van der Waals surface area contributed by atoms with Crippen LogP contribution in [0.25, 0.3) is 10.2 Å². The van der Waals surface area contributed by atoms with Crippen molar-refractivity contribution in [3.8, 4) is 5.75 Å². The average Bonchev–Trinajstić information content (AvgIpc) is 3.22. The number of nitro benzene ring substituents is 1. The van der Waals surface area contributed by atoms with Crippen LogP contribution in [0.4, 0.5) is 11.4 Å². The Bertz CT molecular complexity index is 1510. The Hall–Kier alpha value is -4.64. The highest BCUT2D eigenvalue weighted by atomic mass is 32.1. The van der Waals surface area contributed by atoms with Crippen LogP contribution < -0.4 is 15.5 Å². The number of thiophene rings is 1. The van der Waals surface area contributed by atoms with E-state index in [1.807, 2.05) is 19.9 Å². The van der Waals surface area contributed by atoms with E-state index >= 15 is 0 Å². The van der Waals surface area contributed by atoms with E-state index in [4.69, 9.17) is 4.74 Å². The topological polar surface area (TPSA) is 136 Å². The number of nitrogens with zero attached hydrogens (tertiary/aromatic N) is 3. The fraction of sp³-hybridized carbons (Fsp3) is 0.120. The number of aryl methyl sites for hydroxylation is 2. The third-order valence-electron chi connectivity index (χ3n) is 5.27. The summed E-state index contributed by atoms with van der Waals surface area (Å²) >= 11 is 1.14. The number of aromatic nitrogens is 1. The van der Waals surface area contributed by atoms with Crippen LogP contribution >= 0.6 is 11.3 Å². The number of hydrogen-bond donors (Lipinski definition) is 2. The fourth-order valence-corrected chi connectivity index (χ4v) is 4.77. The number of para-hydroxylation sites is 1. The SMILES string of the molecule is COc1ccccc1C(=O)Nc1c(C(=O)NN=Cc2ccc([N+](=O)[O-])cc2)sc2nc(C)cc(C)c12. The van der Waals surface area contributed by atoms with Gasteiger partial charge in [-0.3, -0.25) is 19.7 Å². The molecule has 2 aromatic heterocycles. The summed E-state index contributed by atoms with van der Waals surface area (Å²) in [7, 11) is 1.48. The Labute approximate surface area is 209 Å². The smallest absolute Gasteiger partial charge is 0.283 e. The molecule has 0 radical (unpaired) electrons. The van der Waals surface area contributed by atoms with Gasteiger partial charge in [0.1, 0.15) is 15.5 Å². The van der Waals surface area contributed by atoms with Crippen LogP contribution in [0.2, 0.25) is 0 Å². The number of anilines is 1. The van der Waals surface area contributed by atoms with E-state index in [1.54, 1.807) is 24.3 Å². The number of ether oxygens (including phenoxy) is 1. The number of amides is 2. The summed E-state index contributed by atoms with van der Waals surface area (Å²) in [4.78, 5) is 41.9. The van der Waals surface area contributed by atoms with Crippen molar-refractivity contribution < 1.29 is 19.2 Å². The van der Waals surface area contributed by atoms with E-state index in [9.17, 15) is 19.7 Å². The van der Waals surface area contributed by atoms with Gasteiger partial charge in [-0.25, -0.2) is 10.4 Å². The third-order valence-corrected chi connectivity index (χ3v) is 6.35. The van der Waals surface area contributed by atoms with Gasteiger partial charge in [-0.05, 0) is 55.3 Å². The summed E-state index contributed by atoms with van der Waals surface area (Å²) < 4.78 is 5.30. The van der Waals surface area contributed by atoms with Gasteiger partial charge in [0.15, 0.2) is 0 Å². The predicted molar refractivity (Wildman–Crippen MR) is 138 cm³/mol. The molecule has 4 aromatic rings. The van der Waals surface area contributed by atoms with E-state index in [0.29, 0.717) is 32.8 Å². The van der Waals surface area contributed by atoms with Crippen LogP contribution in [0.3, 0.4) is 0 Å². The molecule has 36 heavy (non-hydrogen) atoms. The summed E-state index contributed by atoms with van der Waals surface area (Å²) in [5.41, 5.74) is 5.27. The number of fused-ring (bicyclic) bond motifs is 1. The van der Waals surface area contributed by atoms with Crippen molar-refractivity contribution in [3.63, 3.8) is 0 Å². The molecule has 0 aliphatic heterocycles. The number of methoxy groups -OCH3 is 1. The molecule has 0 fully saturated rings. The zero-order valence-corrected chi connectivity index (χ0v) is 20.4. The Morgan fingerprint density at radius 2 is 1.83 bits per heavy atom. The minimum absolute atomic E-state index is 0.0462. The molecule has 2 heterocycles. The molecule has 0 saturated carbocycles. The number of nitro groups is 1. The van der Waals surface area contributed by atoms with Gasteiger partial charge in [0.05, 0.1) is 29.5 Å². The summed E-state index contributed by atoms with van der Waals surface area (Å²) in [6.07, 6.45) is 1.37. The number of benzene rings is 2. The van der Waals surface area contributed by atoms with Crippen LogP contribution in [0.1, 0.15) is 36.9 Å². The van der Waals surface area contributed by atoms with Crippen LogP contribution in [-0.4, -0.2) is 35.0 Å². The highest BCUT2D eigenvalue weighted by molar-refractivity contribution is 7.21. The lowest BCUT2D eigenvalue weighted by atomic mass is 10.1. The Kier molecular flexibility index (Phi) is 7.02. The molecular weight excluding hydrogens is 482 g/mol. The van der Waals surface area contributed by atoms with Crippen LogP contribution in [0, 0.1) is 24.0 Å². The maximum atomic E-state index is 13.1. The second kappa shape index (κ2) is 10.3. The lowest BCUT2D eigenvalue weighted by Crippen LogP contribution is -2.20. The molecule has 0 unspecified atom stereocenters. The first-order valence-electron chi connectivity index (χ1n) is 10.7. The minimum Gasteiger partial charge on any atom is -0.496 e. The molecule has 4 rings (SSSR count). The number of nitrogens with one attached hydrogen (secondary N) is 2. The van der Waals surface area contributed by atoms with E-state index < -0.39 is 16.7 Å². The maximum absolute atomic E-state index is 13.1. The van der Waals surface area contributed by atoms with Gasteiger partial charge in [-0.2, -0.15) is 5.10 Å². The van der Waals surface area contributed by atoms with Crippen LogP contribution in [0.15, 0.2) is 59.7 Å². The largest absolute Gasteiger partial charge is 0.496 e. The molecule has 0 aliphatic rings. The number of non-ortho nitro benzene ring substituents is 1. The van der Waals surface area contributed by atoms with E-state index in [2.05, 4.69) is 20.8 Å². The summed E-state index contributed by atoms with van der Waals surface area (Å²) in [6, 6.07) is 14.4. The van der Waals surface area contributed by atoms with Gasteiger partial charge in [-0.15, -0.1) is 11.3 Å². The lowest BCUT2D eigenvalue weighted by Gasteiger charge is -2.11. The zero-order chi connectivity index (χ0) is 25.8. The first-order chi connectivity index (χ1) is 17.3. The number of carbonyl (C=O) groups excluding carboxylic acids is 2. The fourth-order valence-electron chi connectivity index (χ4n) is 3.63. The standard InChI is InChI=1S/C25H21N5O5S/c1-14-12-15(2)27-25-20(14)21(28-23(31)18-6-4-5-7-19(18)35-3)22(36-25)24(32)29-26-13-16-8-10-17(11-9-16)30(33)34/h4-13H,1-3H3,(H,28,31)(H,29,32). The van der Waals surface area contributed by atoms with Crippen molar-refractivity contribution in [1.29, 1.82) is 0 Å². The number of hydrogen-bond acceptors (Lipinski definition) is 8. The van der Waals surface area contributed by atoms with Gasteiger partial charge in [0, 0.05) is 23.2 Å². The van der Waals surface area contributed by atoms with Gasteiger partial charge in [-0.1, -0.05) is 12.1 Å². The highest BCUT2D eigenvalue weighted by Crippen LogP contribution is 2.38. The second-order valence-electron chi connectivity index (χ2n) is 7.77. The molecule has 10 nitrogen and oxygen atoms in total. The lowest BCUT2D eigenvalue weighted by molar-refractivity contribution is -0.384. The van der Waals surface area contributed by atoms with Gasteiger partial charge < -0.3 is 10.1 Å². The summed E-state index contributed by atoms with van der Waals surface area (Å²) in [6.45, 7) is 3.74. The summed E-state index contributed by atoms with van der Waals surface area (Å²) in [5.74, 6) is -0.571. The Morgan fingerprint density at radius 1 is 1.11 bits per heavy atom. The molecule has 0 aliphatic carbocycles. The normalized spacial score (nSPS) is 11.0. The Balaban J connectivity index is 1.65. The van der Waals surface area contributed by atoms with Crippen LogP contribution in [0.5, 0.6) is 5.75 Å². The van der Waals surface area contributed by atoms with Crippen molar-refractivity contribution in [1.82, 2.24) is 10.4 Å². The predicted octanol–water partition coefficient (Wildman–Crippen LogP) is 4.85. The third kappa shape index (κ3) is 5.05. The quantitative estimate of drug-likeness (QED) is 0.210. The minimum atomic E-state index is -0.538. The first-order valence-corrected chi connectivity index (χ1v) is 11.5. The molecule has 2 amide bonds. The van der Waals surface area contributed by atoms with Crippen molar-refractivity contribution in [2.75, 3.05) is 12.4 Å². The van der Waals surface area contributed by atoms with Gasteiger partial charge >= 0.3 is 0 Å². The molecule has 0 atom stereocenters. The van der Waals surface area contributed by atoms with Gasteiger partial charge in [0.25, 0.3) is 17.5 Å². The van der Waals surface area contributed by atoms with Gasteiger partial charge in [0.2, 0.25) is 0 Å². The molecule has 0 spiro atoms. The Morgan fingerprint density at radius 3 is 2.53 bits per heavy atom. The number of carbonyl (C=O) groups is 2. The number of pyridine rings is 1.